The van der Waals surface area contributed by atoms with Gasteiger partial charge in [0.15, 0.2) is 0 Å². The number of hydrogen-bond acceptors (Lipinski definition) is 2. The molecule has 1 aliphatic heterocycles. The summed E-state index contributed by atoms with van der Waals surface area (Å²) in [4.78, 5) is 25.3. The molecule has 2 aliphatic rings. The maximum absolute atomic E-state index is 12.3. The molecule has 1 atom stereocenters. The van der Waals surface area contributed by atoms with Crippen LogP contribution in [0.2, 0.25) is 0 Å². The molecule has 1 aromatic carbocycles. The second kappa shape index (κ2) is 4.93. The predicted molar refractivity (Wildman–Crippen MR) is 74.1 cm³/mol. The van der Waals surface area contributed by atoms with Crippen LogP contribution in [0.15, 0.2) is 30.3 Å². The molecule has 4 nitrogen and oxygen atoms in total. The number of amides is 1. The quantitative estimate of drug-likeness (QED) is 0.853. The van der Waals surface area contributed by atoms with Crippen LogP contribution < -0.4 is 0 Å². The van der Waals surface area contributed by atoms with E-state index in [1.165, 1.54) is 5.56 Å². The fourth-order valence-corrected chi connectivity index (χ4v) is 3.08. The van der Waals surface area contributed by atoms with Gasteiger partial charge in [0, 0.05) is 13.1 Å². The summed E-state index contributed by atoms with van der Waals surface area (Å²) in [6, 6.07) is 10.2. The Kier molecular flexibility index (Phi) is 3.24. The summed E-state index contributed by atoms with van der Waals surface area (Å²) in [5.74, 6) is -0.666. The van der Waals surface area contributed by atoms with Crippen molar-refractivity contribution in [3.63, 3.8) is 0 Å². The highest BCUT2D eigenvalue weighted by Gasteiger charge is 2.59. The van der Waals surface area contributed by atoms with Crippen LogP contribution in [-0.4, -0.2) is 35.0 Å². The van der Waals surface area contributed by atoms with E-state index in [-0.39, 0.29) is 5.91 Å². The molecular formula is C16H19NO3. The summed E-state index contributed by atoms with van der Waals surface area (Å²) in [6.07, 6.45) is 2.93. The van der Waals surface area contributed by atoms with Gasteiger partial charge in [-0.25, -0.2) is 0 Å². The molecule has 3 rings (SSSR count). The predicted octanol–water partition coefficient (Wildman–Crippen LogP) is 1.94. The van der Waals surface area contributed by atoms with Crippen LogP contribution in [0.5, 0.6) is 0 Å². The lowest BCUT2D eigenvalue weighted by molar-refractivity contribution is -0.153. The topological polar surface area (TPSA) is 57.6 Å². The lowest BCUT2D eigenvalue weighted by Gasteiger charge is -2.20. The van der Waals surface area contributed by atoms with Crippen LogP contribution in [0.3, 0.4) is 0 Å². The molecule has 1 amide bonds. The standard InChI is InChI=1S/C16H19NO3/c18-14(16(7-8-16)15(19)20)17-9-6-13(11-17)10-12-4-2-1-3-5-12/h1-5,13H,6-11H2,(H,19,20). The molecule has 1 unspecified atom stereocenters. The number of benzene rings is 1. The summed E-state index contributed by atoms with van der Waals surface area (Å²) in [7, 11) is 0. The van der Waals surface area contributed by atoms with Crippen LogP contribution >= 0.6 is 0 Å². The molecule has 1 N–H and O–H groups in total. The molecule has 2 fully saturated rings. The number of carboxylic acid groups (broad SMARTS) is 1. The number of nitrogens with zero attached hydrogens (tertiary/aromatic N) is 1. The molecule has 0 radical (unpaired) electrons. The number of carbonyl (C=O) groups excluding carboxylic acids is 1. The van der Waals surface area contributed by atoms with Crippen LogP contribution in [0.1, 0.15) is 24.8 Å². The summed E-state index contributed by atoms with van der Waals surface area (Å²) in [6.45, 7) is 1.40. The van der Waals surface area contributed by atoms with Crippen molar-refractivity contribution in [1.82, 2.24) is 4.90 Å². The number of carboxylic acids is 1. The molecule has 1 aromatic rings. The average molecular weight is 273 g/mol. The fraction of sp³-hybridized carbons (Fsp3) is 0.500. The van der Waals surface area contributed by atoms with Crippen LogP contribution in [0.25, 0.3) is 0 Å². The van der Waals surface area contributed by atoms with Gasteiger partial charge in [-0.2, -0.15) is 0 Å². The van der Waals surface area contributed by atoms with Crippen molar-refractivity contribution < 1.29 is 14.7 Å². The minimum absolute atomic E-state index is 0.166. The Morgan fingerprint density at radius 1 is 1.25 bits per heavy atom. The lowest BCUT2D eigenvalue weighted by atomic mass is 9.99. The third-order valence-corrected chi connectivity index (χ3v) is 4.51. The van der Waals surface area contributed by atoms with Gasteiger partial charge in [0.1, 0.15) is 5.41 Å². The van der Waals surface area contributed by atoms with Crippen molar-refractivity contribution in [2.24, 2.45) is 11.3 Å². The van der Waals surface area contributed by atoms with E-state index in [0.717, 1.165) is 12.8 Å². The summed E-state index contributed by atoms with van der Waals surface area (Å²) in [5, 5.41) is 9.19. The Morgan fingerprint density at radius 2 is 1.95 bits per heavy atom. The minimum atomic E-state index is -1.08. The number of rotatable bonds is 4. The number of carbonyl (C=O) groups is 2. The van der Waals surface area contributed by atoms with E-state index >= 15 is 0 Å². The third kappa shape index (κ3) is 2.30. The van der Waals surface area contributed by atoms with Gasteiger partial charge >= 0.3 is 5.97 Å². The first-order chi connectivity index (χ1) is 9.62. The molecule has 1 saturated heterocycles. The van der Waals surface area contributed by atoms with E-state index < -0.39 is 11.4 Å². The van der Waals surface area contributed by atoms with Crippen LogP contribution in [-0.2, 0) is 16.0 Å². The van der Waals surface area contributed by atoms with Crippen molar-refractivity contribution in [2.45, 2.75) is 25.7 Å². The Balaban J connectivity index is 1.60. The SMILES string of the molecule is O=C(O)C1(C(=O)N2CCC(Cc3ccccc3)C2)CC1. The molecule has 0 spiro atoms. The molecular weight excluding hydrogens is 254 g/mol. The van der Waals surface area contributed by atoms with Crippen molar-refractivity contribution >= 4 is 11.9 Å². The van der Waals surface area contributed by atoms with Crippen LogP contribution in [0, 0.1) is 11.3 Å². The second-order valence-corrected chi connectivity index (χ2v) is 5.98. The van der Waals surface area contributed by atoms with Gasteiger partial charge in [-0.3, -0.25) is 9.59 Å². The maximum atomic E-state index is 12.3. The van der Waals surface area contributed by atoms with E-state index in [9.17, 15) is 14.7 Å². The van der Waals surface area contributed by atoms with E-state index in [4.69, 9.17) is 0 Å². The summed E-state index contributed by atoms with van der Waals surface area (Å²) in [5.41, 5.74) is 0.202. The molecule has 106 valence electrons. The van der Waals surface area contributed by atoms with Gasteiger partial charge in [0.05, 0.1) is 0 Å². The number of hydrogen-bond donors (Lipinski definition) is 1. The Labute approximate surface area is 118 Å². The van der Waals surface area contributed by atoms with Gasteiger partial charge < -0.3 is 10.0 Å². The van der Waals surface area contributed by atoms with Crippen molar-refractivity contribution in [2.75, 3.05) is 13.1 Å². The molecule has 1 saturated carbocycles. The van der Waals surface area contributed by atoms with Gasteiger partial charge in [-0.05, 0) is 37.2 Å². The highest BCUT2D eigenvalue weighted by molar-refractivity contribution is 6.04. The highest BCUT2D eigenvalue weighted by Crippen LogP contribution is 2.48. The van der Waals surface area contributed by atoms with Crippen molar-refractivity contribution in [3.8, 4) is 0 Å². The molecule has 4 heteroatoms. The van der Waals surface area contributed by atoms with Gasteiger partial charge in [-0.1, -0.05) is 30.3 Å². The third-order valence-electron chi connectivity index (χ3n) is 4.51. The normalized spacial score (nSPS) is 23.6. The molecule has 0 bridgehead atoms. The number of likely N-dealkylation sites (tertiary alicyclic amines) is 1. The van der Waals surface area contributed by atoms with Crippen molar-refractivity contribution in [1.29, 1.82) is 0 Å². The Morgan fingerprint density at radius 3 is 2.55 bits per heavy atom. The van der Waals surface area contributed by atoms with E-state index in [1.807, 2.05) is 18.2 Å². The molecule has 20 heavy (non-hydrogen) atoms. The van der Waals surface area contributed by atoms with E-state index in [2.05, 4.69) is 12.1 Å². The first kappa shape index (κ1) is 13.2. The zero-order valence-electron chi connectivity index (χ0n) is 11.4. The smallest absolute Gasteiger partial charge is 0.319 e. The fourth-order valence-electron chi connectivity index (χ4n) is 3.08. The molecule has 1 aliphatic carbocycles. The van der Waals surface area contributed by atoms with Crippen LogP contribution in [0.4, 0.5) is 0 Å². The largest absolute Gasteiger partial charge is 0.480 e. The van der Waals surface area contributed by atoms with Gasteiger partial charge in [-0.15, -0.1) is 0 Å². The molecule has 1 heterocycles. The first-order valence-electron chi connectivity index (χ1n) is 7.18. The van der Waals surface area contributed by atoms with Gasteiger partial charge in [0.25, 0.3) is 0 Å². The monoisotopic (exact) mass is 273 g/mol. The van der Waals surface area contributed by atoms with Gasteiger partial charge in [0.2, 0.25) is 5.91 Å². The first-order valence-corrected chi connectivity index (χ1v) is 7.18. The lowest BCUT2D eigenvalue weighted by Crippen LogP contribution is -2.39. The summed E-state index contributed by atoms with van der Waals surface area (Å²) < 4.78 is 0. The Bertz CT molecular complexity index is 522. The molecule has 0 aromatic heterocycles. The van der Waals surface area contributed by atoms with Crippen molar-refractivity contribution in [3.05, 3.63) is 35.9 Å². The second-order valence-electron chi connectivity index (χ2n) is 5.98. The van der Waals surface area contributed by atoms with E-state index in [1.54, 1.807) is 4.90 Å². The zero-order valence-corrected chi connectivity index (χ0v) is 11.4. The summed E-state index contributed by atoms with van der Waals surface area (Å²) >= 11 is 0. The Hall–Kier alpha value is -1.84. The average Bonchev–Trinajstić information content (AvgIpc) is 3.14. The zero-order chi connectivity index (χ0) is 14.2. The maximum Gasteiger partial charge on any atom is 0.319 e. The van der Waals surface area contributed by atoms with E-state index in [0.29, 0.717) is 31.8 Å². The minimum Gasteiger partial charge on any atom is -0.480 e. The number of aliphatic carboxylic acids is 1. The highest BCUT2D eigenvalue weighted by atomic mass is 16.4.